The molecule has 3 rings (SSSR count). The predicted octanol–water partition coefficient (Wildman–Crippen LogP) is -0.415. The zero-order valence-electron chi connectivity index (χ0n) is 15.3. The summed E-state index contributed by atoms with van der Waals surface area (Å²) < 4.78 is 23.8. The molecule has 9 nitrogen and oxygen atoms in total. The Morgan fingerprint density at radius 3 is 2.61 bits per heavy atom. The summed E-state index contributed by atoms with van der Waals surface area (Å²) in [5.41, 5.74) is 0.173. The number of nitrogens with zero attached hydrogens (tertiary/aromatic N) is 1. The van der Waals surface area contributed by atoms with Gasteiger partial charge < -0.3 is 34.8 Å². The lowest BCUT2D eigenvalue weighted by Gasteiger charge is -2.40. The number of hydrogen-bond acceptors (Lipinski definition) is 7. The van der Waals surface area contributed by atoms with Gasteiger partial charge in [0.05, 0.1) is 19.1 Å². The first-order chi connectivity index (χ1) is 13.3. The van der Waals surface area contributed by atoms with Crippen LogP contribution in [0.4, 0.5) is 4.39 Å². The molecule has 2 atom stereocenters. The van der Waals surface area contributed by atoms with E-state index in [-0.39, 0.29) is 49.0 Å². The average Bonchev–Trinajstić information content (AvgIpc) is 3.03. The van der Waals surface area contributed by atoms with E-state index in [0.29, 0.717) is 12.0 Å². The highest BCUT2D eigenvalue weighted by Crippen LogP contribution is 2.34. The number of carboxylic acids is 1. The third-order valence-corrected chi connectivity index (χ3v) is 4.85. The fraction of sp³-hybridized carbons (Fsp3) is 0.529. The Morgan fingerprint density at radius 2 is 2.07 bits per heavy atom. The van der Waals surface area contributed by atoms with Gasteiger partial charge in [-0.1, -0.05) is 13.0 Å². The Bertz CT molecular complexity index is 757. The molecule has 2 aliphatic heterocycles. The predicted molar refractivity (Wildman–Crippen MR) is 95.9 cm³/mol. The Balaban J connectivity index is 1.69. The fourth-order valence-corrected chi connectivity index (χ4v) is 3.40. The van der Waals surface area contributed by atoms with Crippen LogP contribution in [-0.4, -0.2) is 77.2 Å². The van der Waals surface area contributed by atoms with Crippen molar-refractivity contribution in [2.75, 3.05) is 19.6 Å². The van der Waals surface area contributed by atoms with Gasteiger partial charge in [0.25, 0.3) is 0 Å². The number of aromatic carboxylic acids is 1. The number of ether oxygens (including phenoxy) is 1. The molecule has 2 saturated heterocycles. The summed E-state index contributed by atoms with van der Waals surface area (Å²) in [6.45, 7) is 2.44. The highest BCUT2D eigenvalue weighted by molar-refractivity contribution is 6.34. The van der Waals surface area contributed by atoms with E-state index in [4.69, 9.17) is 19.4 Å². The van der Waals surface area contributed by atoms with Gasteiger partial charge in [-0.25, -0.2) is 9.18 Å². The van der Waals surface area contributed by atoms with Crippen molar-refractivity contribution in [1.82, 2.24) is 10.2 Å². The van der Waals surface area contributed by atoms with Crippen molar-refractivity contribution in [2.24, 2.45) is 0 Å². The lowest BCUT2D eigenvalue weighted by Crippen LogP contribution is -2.59. The highest BCUT2D eigenvalue weighted by atomic mass is 19.1. The molecule has 0 saturated carbocycles. The van der Waals surface area contributed by atoms with E-state index in [9.17, 15) is 19.1 Å². The van der Waals surface area contributed by atoms with Crippen molar-refractivity contribution < 1.29 is 38.5 Å². The number of benzene rings is 1. The van der Waals surface area contributed by atoms with Crippen molar-refractivity contribution in [3.63, 3.8) is 0 Å². The molecular formula is C17H22BFN2O7. The van der Waals surface area contributed by atoms with Crippen LogP contribution in [0.2, 0.25) is 0 Å². The molecule has 1 unspecified atom stereocenters. The van der Waals surface area contributed by atoms with Gasteiger partial charge in [-0.05, 0) is 18.1 Å². The summed E-state index contributed by atoms with van der Waals surface area (Å²) in [5, 5.41) is 30.6. The maximum Gasteiger partial charge on any atom is 0.707 e. The van der Waals surface area contributed by atoms with E-state index < -0.39 is 31.6 Å². The molecule has 2 heterocycles. The Labute approximate surface area is 161 Å². The molecule has 1 aromatic carbocycles. The molecule has 0 spiro atoms. The lowest BCUT2D eigenvalue weighted by molar-refractivity contribution is -0.142. The molecule has 28 heavy (non-hydrogen) atoms. The van der Waals surface area contributed by atoms with E-state index in [1.807, 2.05) is 0 Å². The summed E-state index contributed by atoms with van der Waals surface area (Å²) in [4.78, 5) is 25.5. The van der Waals surface area contributed by atoms with Crippen molar-refractivity contribution in [3.8, 4) is 11.5 Å². The number of alkyl halides is 1. The summed E-state index contributed by atoms with van der Waals surface area (Å²) in [6.07, 6.45) is -0.896. The van der Waals surface area contributed by atoms with Gasteiger partial charge in [-0.2, -0.15) is 0 Å². The van der Waals surface area contributed by atoms with Crippen LogP contribution in [-0.2, 0) is 11.2 Å². The molecular weight excluding hydrogens is 374 g/mol. The zero-order valence-corrected chi connectivity index (χ0v) is 15.3. The average molecular weight is 396 g/mol. The molecule has 0 aliphatic carbocycles. The van der Waals surface area contributed by atoms with Crippen LogP contribution in [0.1, 0.15) is 29.3 Å². The van der Waals surface area contributed by atoms with Crippen LogP contribution < -0.4 is 14.7 Å². The zero-order chi connectivity index (χ0) is 20.4. The molecule has 0 bridgehead atoms. The van der Waals surface area contributed by atoms with Crippen LogP contribution in [0.3, 0.4) is 0 Å². The molecule has 4 N–H and O–H groups in total. The maximum atomic E-state index is 13.2. The largest absolute Gasteiger partial charge is 0.707 e. The molecule has 152 valence electrons. The van der Waals surface area contributed by atoms with Crippen LogP contribution >= 0.6 is 0 Å². The number of amides is 1. The fourth-order valence-electron chi connectivity index (χ4n) is 3.40. The van der Waals surface area contributed by atoms with Crippen molar-refractivity contribution in [3.05, 3.63) is 23.3 Å². The minimum atomic E-state index is -2.17. The van der Waals surface area contributed by atoms with E-state index in [1.165, 1.54) is 11.0 Å². The first-order valence-electron chi connectivity index (χ1n) is 9.05. The second-order valence-corrected chi connectivity index (χ2v) is 6.81. The topological polar surface area (TPSA) is 129 Å². The molecule has 1 amide bonds. The van der Waals surface area contributed by atoms with Crippen LogP contribution in [0.5, 0.6) is 11.5 Å². The van der Waals surface area contributed by atoms with Crippen molar-refractivity contribution >= 4 is 19.2 Å². The van der Waals surface area contributed by atoms with Gasteiger partial charge in [-0.3, -0.25) is 4.79 Å². The number of likely N-dealkylation sites (tertiary alicyclic amines) is 1. The Hall–Kier alpha value is -2.37. The molecule has 0 aromatic heterocycles. The smallest absolute Gasteiger partial charge is 0.511 e. The van der Waals surface area contributed by atoms with Gasteiger partial charge in [0.2, 0.25) is 5.91 Å². The van der Waals surface area contributed by atoms with Crippen molar-refractivity contribution in [1.29, 1.82) is 0 Å². The molecule has 2 aliphatic rings. The van der Waals surface area contributed by atoms with Gasteiger partial charge in [0.15, 0.2) is 0 Å². The Kier molecular flexibility index (Phi) is 6.06. The van der Waals surface area contributed by atoms with Gasteiger partial charge in [0.1, 0.15) is 29.3 Å². The summed E-state index contributed by atoms with van der Waals surface area (Å²) >= 11 is 0. The third kappa shape index (κ3) is 4.21. The van der Waals surface area contributed by atoms with Gasteiger partial charge in [-0.15, -0.1) is 0 Å². The lowest BCUT2D eigenvalue weighted by atomic mass is 10.0. The number of rotatable bonds is 7. The standard InChI is InChI=1S/C17H22BFN2O7/c1-2-9-3-4-13(14(17(23)24)15(9)28-18(25)26)27-11-7-21(8-11)16(22)12-5-10(19)6-20-12/h3-4,10-12,20,25-26H,2,5-8H2,1H3,(H,23,24)/t10?,12-/m0/s1. The van der Waals surface area contributed by atoms with Gasteiger partial charge >= 0.3 is 13.3 Å². The van der Waals surface area contributed by atoms with E-state index in [1.54, 1.807) is 13.0 Å². The third-order valence-electron chi connectivity index (χ3n) is 4.85. The first-order valence-corrected chi connectivity index (χ1v) is 9.05. The quantitative estimate of drug-likeness (QED) is 0.458. The normalized spacial score (nSPS) is 21.9. The van der Waals surface area contributed by atoms with Gasteiger partial charge in [0, 0.05) is 13.0 Å². The van der Waals surface area contributed by atoms with Crippen LogP contribution in [0.25, 0.3) is 0 Å². The van der Waals surface area contributed by atoms with Crippen LogP contribution in [0, 0.1) is 0 Å². The monoisotopic (exact) mass is 396 g/mol. The first kappa shape index (κ1) is 20.4. The number of aryl methyl sites for hydroxylation is 1. The summed E-state index contributed by atoms with van der Waals surface area (Å²) in [7, 11) is -2.17. The molecule has 0 radical (unpaired) electrons. The molecule has 1 aromatic rings. The number of carboxylic acid groups (broad SMARTS) is 1. The summed E-state index contributed by atoms with van der Waals surface area (Å²) in [5.74, 6) is -1.69. The second kappa shape index (κ2) is 8.33. The maximum absolute atomic E-state index is 13.2. The minimum absolute atomic E-state index is 0.0141. The number of nitrogens with one attached hydrogen (secondary N) is 1. The highest BCUT2D eigenvalue weighted by Gasteiger charge is 2.39. The minimum Gasteiger partial charge on any atom is -0.511 e. The van der Waals surface area contributed by atoms with Crippen LogP contribution in [0.15, 0.2) is 12.1 Å². The van der Waals surface area contributed by atoms with E-state index in [0.717, 1.165) is 0 Å². The van der Waals surface area contributed by atoms with E-state index in [2.05, 4.69) is 5.32 Å². The number of carbonyl (C=O) groups is 2. The summed E-state index contributed by atoms with van der Waals surface area (Å²) in [6, 6.07) is 2.53. The van der Waals surface area contributed by atoms with Crippen molar-refractivity contribution in [2.45, 2.75) is 38.1 Å². The molecule has 2 fully saturated rings. The second-order valence-electron chi connectivity index (χ2n) is 6.81. The molecule has 11 heteroatoms. The number of carbonyl (C=O) groups excluding carboxylic acids is 1. The SMILES string of the molecule is CCc1ccc(OC2CN(C(=O)[C@@H]3CC(F)CN3)C2)c(C(=O)O)c1OB(O)O. The number of halogens is 1. The number of hydrogen-bond donors (Lipinski definition) is 4. The van der Waals surface area contributed by atoms with E-state index >= 15 is 0 Å². The Morgan fingerprint density at radius 1 is 1.36 bits per heavy atom.